The van der Waals surface area contributed by atoms with Gasteiger partial charge in [-0.1, -0.05) is 6.08 Å². The first-order valence-corrected chi connectivity index (χ1v) is 12.0. The van der Waals surface area contributed by atoms with E-state index in [0.29, 0.717) is 30.0 Å². The third kappa shape index (κ3) is 4.56. The summed E-state index contributed by atoms with van der Waals surface area (Å²) in [6.07, 6.45) is 1.99. The molecule has 0 spiro atoms. The van der Waals surface area contributed by atoms with Gasteiger partial charge in [-0.15, -0.1) is 0 Å². The van der Waals surface area contributed by atoms with Crippen molar-refractivity contribution in [1.29, 1.82) is 0 Å². The second-order valence-corrected chi connectivity index (χ2v) is 10.9. The summed E-state index contributed by atoms with van der Waals surface area (Å²) >= 11 is 0. The largest absolute Gasteiger partial charge is 0.434 e. The molecule has 192 valence electrons. The molecule has 0 radical (unpaired) electrons. The van der Waals surface area contributed by atoms with Gasteiger partial charge in [-0.25, -0.2) is 4.68 Å². The Balaban J connectivity index is 1.56. The summed E-state index contributed by atoms with van der Waals surface area (Å²) in [4.78, 5) is 37.4. The van der Waals surface area contributed by atoms with Crippen LogP contribution in [0.4, 0.5) is 13.2 Å². The molecule has 4 saturated carbocycles. The number of alkyl halides is 3. The Morgan fingerprint density at radius 2 is 1.83 bits per heavy atom. The van der Waals surface area contributed by atoms with E-state index in [2.05, 4.69) is 15.7 Å². The predicted molar refractivity (Wildman–Crippen MR) is 121 cm³/mol. The van der Waals surface area contributed by atoms with Gasteiger partial charge < -0.3 is 16.4 Å². The molecule has 4 fully saturated rings. The average Bonchev–Trinajstić information content (AvgIpc) is 3.19. The molecule has 8 nitrogen and oxygen atoms in total. The second-order valence-electron chi connectivity index (χ2n) is 10.9. The van der Waals surface area contributed by atoms with Crippen molar-refractivity contribution in [3.05, 3.63) is 23.5 Å². The Kier molecular flexibility index (Phi) is 6.25. The van der Waals surface area contributed by atoms with Crippen LogP contribution in [0.15, 0.2) is 12.3 Å². The van der Waals surface area contributed by atoms with Gasteiger partial charge in [0.2, 0.25) is 11.8 Å². The van der Waals surface area contributed by atoms with Crippen LogP contribution in [0.2, 0.25) is 0 Å². The standard InChI is InChI=1S/C24H32F3N5O3/c1-4-29-21(35)22(2,3)5-6-32-18(24(25,26)27)16(12-30-32)19(33)31-17-14-7-13-8-15(17)11-23(9-13,10-14)20(28)34/h5-6,12-15,17H,4,7-11H2,1-3H3,(H2,28,34)(H,29,35)(H,31,33)/b6-5+/t13?,14?,15?,17-,23-. The molecule has 5 rings (SSSR count). The highest BCUT2D eigenvalue weighted by Crippen LogP contribution is 2.60. The highest BCUT2D eigenvalue weighted by molar-refractivity contribution is 5.96. The number of carbonyl (C=O) groups excluding carboxylic acids is 3. The Morgan fingerprint density at radius 1 is 1.20 bits per heavy atom. The minimum Gasteiger partial charge on any atom is -0.369 e. The van der Waals surface area contributed by atoms with Crippen LogP contribution in [0.5, 0.6) is 0 Å². The molecule has 11 heteroatoms. The number of halogens is 3. The van der Waals surface area contributed by atoms with E-state index in [9.17, 15) is 27.6 Å². The van der Waals surface area contributed by atoms with E-state index in [1.54, 1.807) is 20.8 Å². The summed E-state index contributed by atoms with van der Waals surface area (Å²) in [7, 11) is 0. The zero-order valence-electron chi connectivity index (χ0n) is 20.1. The normalized spacial score (nSPS) is 30.0. The van der Waals surface area contributed by atoms with Gasteiger partial charge in [0.1, 0.15) is 0 Å². The average molecular weight is 496 g/mol. The summed E-state index contributed by atoms with van der Waals surface area (Å²) < 4.78 is 42.6. The molecule has 0 aliphatic heterocycles. The molecule has 3 amide bonds. The molecule has 0 aromatic carbocycles. The zero-order valence-corrected chi connectivity index (χ0v) is 20.1. The molecule has 0 saturated heterocycles. The van der Waals surface area contributed by atoms with Crippen molar-refractivity contribution >= 4 is 23.9 Å². The molecule has 1 aromatic rings. The summed E-state index contributed by atoms with van der Waals surface area (Å²) in [6.45, 7) is 5.28. The topological polar surface area (TPSA) is 119 Å². The Labute approximate surface area is 201 Å². The van der Waals surface area contributed by atoms with Gasteiger partial charge in [0.15, 0.2) is 5.69 Å². The third-order valence-corrected chi connectivity index (χ3v) is 7.96. The minimum atomic E-state index is -4.84. The SMILES string of the molecule is CCNC(=O)C(C)(C)/C=C/n1ncc(C(=O)N[C@H]2C3CC4CC2C[C@](C(N)=O)(C4)C3)c1C(F)(F)F. The Hall–Kier alpha value is -2.85. The lowest BCUT2D eigenvalue weighted by atomic mass is 9.47. The van der Waals surface area contributed by atoms with Crippen molar-refractivity contribution in [2.45, 2.75) is 65.1 Å². The molecule has 35 heavy (non-hydrogen) atoms. The van der Waals surface area contributed by atoms with Gasteiger partial charge >= 0.3 is 6.18 Å². The number of hydrogen-bond donors (Lipinski definition) is 3. The third-order valence-electron chi connectivity index (χ3n) is 7.96. The van der Waals surface area contributed by atoms with Crippen molar-refractivity contribution in [2.75, 3.05) is 6.54 Å². The van der Waals surface area contributed by atoms with E-state index in [0.717, 1.165) is 31.7 Å². The van der Waals surface area contributed by atoms with Gasteiger partial charge in [-0.05, 0) is 70.6 Å². The lowest BCUT2D eigenvalue weighted by Gasteiger charge is -2.58. The number of primary amides is 1. The number of nitrogens with two attached hydrogens (primary N) is 1. The fraction of sp³-hybridized carbons (Fsp3) is 0.667. The van der Waals surface area contributed by atoms with Crippen molar-refractivity contribution < 1.29 is 27.6 Å². The van der Waals surface area contributed by atoms with Crippen LogP contribution in [0.3, 0.4) is 0 Å². The van der Waals surface area contributed by atoms with Crippen LogP contribution in [0, 0.1) is 28.6 Å². The summed E-state index contributed by atoms with van der Waals surface area (Å²) in [5, 5.41) is 9.26. The summed E-state index contributed by atoms with van der Waals surface area (Å²) in [5.74, 6) is -1.11. The van der Waals surface area contributed by atoms with E-state index in [4.69, 9.17) is 5.73 Å². The van der Waals surface area contributed by atoms with E-state index in [1.807, 2.05) is 0 Å². The van der Waals surface area contributed by atoms with Crippen LogP contribution < -0.4 is 16.4 Å². The molecule has 4 N–H and O–H groups in total. The van der Waals surface area contributed by atoms with Gasteiger partial charge in [0, 0.05) is 24.2 Å². The number of rotatable bonds is 7. The van der Waals surface area contributed by atoms with Crippen molar-refractivity contribution in [3.63, 3.8) is 0 Å². The van der Waals surface area contributed by atoms with E-state index in [-0.39, 0.29) is 29.7 Å². The minimum absolute atomic E-state index is 0.0138. The number of aromatic nitrogens is 2. The highest BCUT2D eigenvalue weighted by Gasteiger charge is 2.58. The fourth-order valence-electron chi connectivity index (χ4n) is 6.44. The van der Waals surface area contributed by atoms with E-state index < -0.39 is 34.2 Å². The number of carbonyl (C=O) groups is 3. The number of amides is 3. The van der Waals surface area contributed by atoms with Gasteiger partial charge in [-0.3, -0.25) is 14.4 Å². The maximum Gasteiger partial charge on any atom is 0.434 e. The predicted octanol–water partition coefficient (Wildman–Crippen LogP) is 2.94. The first-order valence-electron chi connectivity index (χ1n) is 12.0. The molecule has 1 aromatic heterocycles. The molecule has 4 bridgehead atoms. The first-order chi connectivity index (χ1) is 16.3. The number of nitrogens with one attached hydrogen (secondary N) is 2. The zero-order chi connectivity index (χ0) is 25.8. The lowest BCUT2D eigenvalue weighted by Crippen LogP contribution is -2.62. The maximum absolute atomic E-state index is 14.0. The highest BCUT2D eigenvalue weighted by atomic mass is 19.4. The molecule has 2 unspecified atom stereocenters. The Bertz CT molecular complexity index is 1050. The van der Waals surface area contributed by atoms with Gasteiger partial charge in [-0.2, -0.15) is 18.3 Å². The molecular weight excluding hydrogens is 463 g/mol. The summed E-state index contributed by atoms with van der Waals surface area (Å²) in [5.41, 5.74) is 2.30. The monoisotopic (exact) mass is 495 g/mol. The Morgan fingerprint density at radius 3 is 2.37 bits per heavy atom. The second kappa shape index (κ2) is 8.67. The van der Waals surface area contributed by atoms with Crippen molar-refractivity contribution in [1.82, 2.24) is 20.4 Å². The number of nitrogens with zero attached hydrogens (tertiary/aromatic N) is 2. The molecule has 4 aliphatic carbocycles. The van der Waals surface area contributed by atoms with Crippen LogP contribution in [0.25, 0.3) is 6.20 Å². The smallest absolute Gasteiger partial charge is 0.369 e. The quantitative estimate of drug-likeness (QED) is 0.539. The van der Waals surface area contributed by atoms with Crippen LogP contribution in [-0.4, -0.2) is 40.1 Å². The van der Waals surface area contributed by atoms with Crippen LogP contribution in [0.1, 0.15) is 68.9 Å². The first kappa shape index (κ1) is 25.2. The van der Waals surface area contributed by atoms with Gasteiger partial charge in [0.25, 0.3) is 5.91 Å². The molecular formula is C24H32F3N5O3. The maximum atomic E-state index is 14.0. The van der Waals surface area contributed by atoms with Crippen LogP contribution >= 0.6 is 0 Å². The molecule has 4 aliphatic rings. The van der Waals surface area contributed by atoms with Crippen LogP contribution in [-0.2, 0) is 15.8 Å². The van der Waals surface area contributed by atoms with E-state index in [1.165, 1.54) is 6.08 Å². The van der Waals surface area contributed by atoms with Crippen molar-refractivity contribution in [3.8, 4) is 0 Å². The van der Waals surface area contributed by atoms with E-state index >= 15 is 0 Å². The number of hydrogen-bond acceptors (Lipinski definition) is 4. The lowest BCUT2D eigenvalue weighted by molar-refractivity contribution is -0.145. The fourth-order valence-corrected chi connectivity index (χ4v) is 6.44. The summed E-state index contributed by atoms with van der Waals surface area (Å²) in [6, 6.07) is -0.303. The molecule has 2 atom stereocenters. The molecule has 1 heterocycles. The van der Waals surface area contributed by atoms with Crippen molar-refractivity contribution in [2.24, 2.45) is 34.3 Å². The van der Waals surface area contributed by atoms with Gasteiger partial charge in [0.05, 0.1) is 17.2 Å².